The molecule has 3 aromatic carbocycles. The molecule has 5 rings (SSSR count). The average molecular weight is 614 g/mol. The predicted molar refractivity (Wildman–Crippen MR) is 173 cm³/mol. The molecule has 1 aliphatic carbocycles. The highest BCUT2D eigenvalue weighted by molar-refractivity contribution is 5.84. The number of ether oxygens (including phenoxy) is 3. The van der Waals surface area contributed by atoms with Crippen LogP contribution in [0.5, 0.6) is 17.2 Å². The monoisotopic (exact) mass is 613 g/mol. The van der Waals surface area contributed by atoms with Gasteiger partial charge in [-0.3, -0.25) is 14.4 Å². The molecule has 1 aliphatic rings. The number of carbonyl (C=O) groups is 2. The van der Waals surface area contributed by atoms with E-state index >= 15 is 0 Å². The number of fused-ring (bicyclic) bond motifs is 4. The van der Waals surface area contributed by atoms with Crippen LogP contribution < -0.4 is 35.6 Å². The van der Waals surface area contributed by atoms with Crippen LogP contribution in [-0.2, 0) is 29.6 Å². The number of nitrogens with zero attached hydrogens (tertiary/aromatic N) is 2. The van der Waals surface area contributed by atoms with Crippen LogP contribution in [0.25, 0.3) is 22.2 Å². The van der Waals surface area contributed by atoms with E-state index in [9.17, 15) is 14.4 Å². The fraction of sp³-hybridized carbons (Fsp3) is 0.353. The number of carbonyl (C=O) groups excluding carboxylic acids is 2. The van der Waals surface area contributed by atoms with E-state index in [1.165, 1.54) is 6.92 Å². The number of aryl methyl sites for hydroxylation is 2. The number of para-hydroxylation sites is 2. The van der Waals surface area contributed by atoms with Crippen molar-refractivity contribution in [1.82, 2.24) is 20.2 Å². The molecule has 45 heavy (non-hydrogen) atoms. The number of benzene rings is 2. The van der Waals surface area contributed by atoms with Gasteiger partial charge in [0.2, 0.25) is 23.0 Å². The Morgan fingerprint density at radius 2 is 1.80 bits per heavy atom. The molecule has 11 heteroatoms. The summed E-state index contributed by atoms with van der Waals surface area (Å²) in [6.07, 6.45) is 2.01. The molecule has 0 aliphatic heterocycles. The molecule has 1 heterocycles. The average Bonchev–Trinajstić information content (AvgIpc) is 3.17. The van der Waals surface area contributed by atoms with Gasteiger partial charge in [-0.05, 0) is 66.3 Å². The van der Waals surface area contributed by atoms with E-state index < -0.39 is 0 Å². The third-order valence-corrected chi connectivity index (χ3v) is 8.14. The summed E-state index contributed by atoms with van der Waals surface area (Å²) in [5, 5.41) is 9.16. The number of hydrogen-bond acceptors (Lipinski definition) is 8. The number of nitrogens with one attached hydrogen (secondary N) is 3. The minimum atomic E-state index is -0.389. The van der Waals surface area contributed by atoms with E-state index in [2.05, 4.69) is 20.9 Å². The first-order valence-electron chi connectivity index (χ1n) is 14.9. The molecule has 0 fully saturated rings. The molecule has 0 saturated heterocycles. The van der Waals surface area contributed by atoms with Crippen LogP contribution in [0.1, 0.15) is 49.2 Å². The summed E-state index contributed by atoms with van der Waals surface area (Å²) in [5.41, 5.74) is 5.26. The molecule has 11 nitrogen and oxygen atoms in total. The van der Waals surface area contributed by atoms with Gasteiger partial charge in [0.15, 0.2) is 11.5 Å². The van der Waals surface area contributed by atoms with Crippen molar-refractivity contribution < 1.29 is 23.8 Å². The van der Waals surface area contributed by atoms with E-state index in [-0.39, 0.29) is 29.7 Å². The first-order valence-corrected chi connectivity index (χ1v) is 14.9. The van der Waals surface area contributed by atoms with Gasteiger partial charge >= 0.3 is 0 Å². The molecule has 0 bridgehead atoms. The zero-order chi connectivity index (χ0) is 32.1. The molecule has 4 aromatic rings. The fourth-order valence-electron chi connectivity index (χ4n) is 5.95. The smallest absolute Gasteiger partial charge is 0.220 e. The van der Waals surface area contributed by atoms with Crippen LogP contribution in [0.4, 0.5) is 5.69 Å². The molecular weight excluding hydrogens is 574 g/mol. The summed E-state index contributed by atoms with van der Waals surface area (Å²) in [6, 6.07) is 14.6. The van der Waals surface area contributed by atoms with Gasteiger partial charge < -0.3 is 34.7 Å². The summed E-state index contributed by atoms with van der Waals surface area (Å²) in [6.45, 7) is 2.22. The second-order valence-corrected chi connectivity index (χ2v) is 11.0. The van der Waals surface area contributed by atoms with Crippen molar-refractivity contribution in [2.45, 2.75) is 45.2 Å². The van der Waals surface area contributed by atoms with Gasteiger partial charge in [-0.15, -0.1) is 0 Å². The van der Waals surface area contributed by atoms with Crippen LogP contribution in [-0.4, -0.2) is 49.2 Å². The van der Waals surface area contributed by atoms with Gasteiger partial charge in [0.1, 0.15) is 5.82 Å². The molecule has 1 aromatic heterocycles. The van der Waals surface area contributed by atoms with Crippen LogP contribution >= 0.6 is 0 Å². The zero-order valence-electron chi connectivity index (χ0n) is 26.3. The van der Waals surface area contributed by atoms with Crippen molar-refractivity contribution in [1.29, 1.82) is 0 Å². The van der Waals surface area contributed by atoms with Gasteiger partial charge in [-0.1, -0.05) is 18.2 Å². The third kappa shape index (κ3) is 6.57. The van der Waals surface area contributed by atoms with Gasteiger partial charge in [0, 0.05) is 32.5 Å². The maximum absolute atomic E-state index is 13.5. The van der Waals surface area contributed by atoms with Crippen molar-refractivity contribution in [2.24, 2.45) is 7.05 Å². The Hall–Kier alpha value is -5.06. The highest BCUT2D eigenvalue weighted by atomic mass is 16.5. The van der Waals surface area contributed by atoms with E-state index in [0.717, 1.165) is 33.5 Å². The lowest BCUT2D eigenvalue weighted by molar-refractivity contribution is -0.121. The minimum Gasteiger partial charge on any atom is -0.493 e. The van der Waals surface area contributed by atoms with Crippen molar-refractivity contribution in [3.05, 3.63) is 75.7 Å². The molecule has 2 amide bonds. The molecular formula is C34H39N5O6. The van der Waals surface area contributed by atoms with Gasteiger partial charge in [-0.2, -0.15) is 0 Å². The van der Waals surface area contributed by atoms with E-state index in [1.807, 2.05) is 48.0 Å². The lowest BCUT2D eigenvalue weighted by Gasteiger charge is -2.19. The Morgan fingerprint density at radius 1 is 1.02 bits per heavy atom. The summed E-state index contributed by atoms with van der Waals surface area (Å²) in [5.74, 6) is 1.98. The molecule has 3 N–H and O–H groups in total. The molecule has 0 radical (unpaired) electrons. The van der Waals surface area contributed by atoms with E-state index in [1.54, 1.807) is 33.5 Å². The van der Waals surface area contributed by atoms with Crippen molar-refractivity contribution in [3.8, 4) is 28.4 Å². The second kappa shape index (κ2) is 13.7. The van der Waals surface area contributed by atoms with E-state index in [4.69, 9.17) is 14.2 Å². The summed E-state index contributed by atoms with van der Waals surface area (Å²) < 4.78 is 19.1. The zero-order valence-corrected chi connectivity index (χ0v) is 26.3. The largest absolute Gasteiger partial charge is 0.493 e. The van der Waals surface area contributed by atoms with Crippen molar-refractivity contribution in [2.75, 3.05) is 33.2 Å². The standard InChI is InChI=1S/C34H39N5O6/c1-20(40)37-24-14-12-21-17-29(43-3)33(44-4)34(45-5)32(21)22-13-15-26(28(41)18-23(22)24)35-16-8-11-31(42)36-19-30-38-25-9-6-7-10-27(25)39(30)2/h6-7,9-10,13,15,17-18,24H,8,11-12,14,16,19H2,1-5H3,(H,35,41)(H,36,42)(H,37,40). The Kier molecular flexibility index (Phi) is 9.56. The van der Waals surface area contributed by atoms with Crippen LogP contribution in [0, 0.1) is 0 Å². The highest BCUT2D eigenvalue weighted by Gasteiger charge is 2.29. The van der Waals surface area contributed by atoms with Crippen molar-refractivity contribution in [3.63, 3.8) is 0 Å². The number of methoxy groups -OCH3 is 3. The Balaban J connectivity index is 1.34. The number of hydrogen-bond donors (Lipinski definition) is 3. The topological polar surface area (TPSA) is 133 Å². The highest BCUT2D eigenvalue weighted by Crippen LogP contribution is 2.50. The molecule has 236 valence electrons. The van der Waals surface area contributed by atoms with E-state index in [0.29, 0.717) is 60.9 Å². The second-order valence-electron chi connectivity index (χ2n) is 11.0. The van der Waals surface area contributed by atoms with Crippen LogP contribution in [0.2, 0.25) is 0 Å². The van der Waals surface area contributed by atoms with Gasteiger partial charge in [0.05, 0.1) is 50.6 Å². The summed E-state index contributed by atoms with van der Waals surface area (Å²) in [7, 11) is 6.62. The normalized spacial score (nSPS) is 13.7. The minimum absolute atomic E-state index is 0.0947. The summed E-state index contributed by atoms with van der Waals surface area (Å²) in [4.78, 5) is 42.8. The lowest BCUT2D eigenvalue weighted by atomic mass is 9.95. The molecule has 1 atom stereocenters. The maximum atomic E-state index is 13.5. The summed E-state index contributed by atoms with van der Waals surface area (Å²) >= 11 is 0. The lowest BCUT2D eigenvalue weighted by Crippen LogP contribution is -2.26. The Bertz CT molecular complexity index is 1800. The number of rotatable bonds is 11. The maximum Gasteiger partial charge on any atom is 0.220 e. The predicted octanol–water partition coefficient (Wildman–Crippen LogP) is 4.26. The third-order valence-electron chi connectivity index (χ3n) is 8.14. The number of imidazole rings is 1. The van der Waals surface area contributed by atoms with Crippen LogP contribution in [0.15, 0.2) is 53.3 Å². The number of amides is 2. The number of anilines is 1. The van der Waals surface area contributed by atoms with Gasteiger partial charge in [0.25, 0.3) is 0 Å². The number of aromatic nitrogens is 2. The van der Waals surface area contributed by atoms with Crippen LogP contribution in [0.3, 0.4) is 0 Å². The van der Waals surface area contributed by atoms with Crippen molar-refractivity contribution >= 4 is 28.5 Å². The first-order chi connectivity index (χ1) is 21.7. The van der Waals surface area contributed by atoms with Gasteiger partial charge in [-0.25, -0.2) is 4.98 Å². The SMILES string of the molecule is COc1cc2c(c(OC)c1OC)-c1ccc(NCCCC(=O)NCc3nc4ccccc4n3C)c(=O)cc1C(NC(C)=O)CC2. The Morgan fingerprint density at radius 3 is 2.51 bits per heavy atom. The quantitative estimate of drug-likeness (QED) is 0.214. The Labute approximate surface area is 261 Å². The fourth-order valence-corrected chi connectivity index (χ4v) is 5.95. The molecule has 1 unspecified atom stereocenters. The first kappa shape index (κ1) is 31.4. The molecule has 0 saturated carbocycles. The molecule has 0 spiro atoms.